The first kappa shape index (κ1) is 15.3. The number of aliphatic hydroxyl groups is 1. The normalized spacial score (nSPS) is 41.6. The van der Waals surface area contributed by atoms with E-state index in [1.54, 1.807) is 11.3 Å². The molecule has 4 bridgehead atoms. The number of carbonyl (C=O) groups is 1. The summed E-state index contributed by atoms with van der Waals surface area (Å²) in [4.78, 5) is 18.6. The lowest BCUT2D eigenvalue weighted by Crippen LogP contribution is -2.58. The van der Waals surface area contributed by atoms with Crippen molar-refractivity contribution in [2.75, 3.05) is 0 Å². The quantitative estimate of drug-likeness (QED) is 0.914. The zero-order chi connectivity index (χ0) is 16.4. The smallest absolute Gasteiger partial charge is 0.254 e. The van der Waals surface area contributed by atoms with Gasteiger partial charge in [0.2, 0.25) is 0 Å². The topological polar surface area (TPSA) is 54.6 Å². The summed E-state index contributed by atoms with van der Waals surface area (Å²) in [5.74, 6) is 1.86. The summed E-state index contributed by atoms with van der Waals surface area (Å²) < 4.78 is 2.17. The summed E-state index contributed by atoms with van der Waals surface area (Å²) >= 11 is 1.57. The van der Waals surface area contributed by atoms with Crippen LogP contribution in [0.4, 0.5) is 0 Å². The first-order chi connectivity index (χ1) is 11.5. The summed E-state index contributed by atoms with van der Waals surface area (Å²) in [6.45, 7) is 0.998. The van der Waals surface area contributed by atoms with Gasteiger partial charge in [-0.05, 0) is 69.1 Å². The van der Waals surface area contributed by atoms with E-state index in [1.165, 1.54) is 25.7 Å². The average Bonchev–Trinajstić information content (AvgIpc) is 2.87. The highest BCUT2D eigenvalue weighted by Gasteiger charge is 2.60. The van der Waals surface area contributed by atoms with Crippen molar-refractivity contribution in [3.8, 4) is 0 Å². The molecule has 0 aliphatic heterocycles. The van der Waals surface area contributed by atoms with E-state index in [1.807, 2.05) is 5.38 Å². The molecule has 1 heterocycles. The van der Waals surface area contributed by atoms with Crippen molar-refractivity contribution >= 4 is 17.2 Å². The van der Waals surface area contributed by atoms with Crippen molar-refractivity contribution in [1.29, 1.82) is 0 Å². The van der Waals surface area contributed by atoms with Crippen molar-refractivity contribution in [2.45, 2.75) is 69.9 Å². The molecule has 4 nitrogen and oxygen atoms in total. The molecule has 130 valence electrons. The number of rotatable bonds is 3. The SMILES string of the molecule is O=C(N=c1sccn1CC1CCC1)C12CC3CC(CC(O)(C3)C1)C2. The molecule has 5 aliphatic carbocycles. The molecule has 1 N–H and O–H groups in total. The van der Waals surface area contributed by atoms with Crippen LogP contribution in [0.2, 0.25) is 0 Å². The van der Waals surface area contributed by atoms with Gasteiger partial charge in [0.05, 0.1) is 11.0 Å². The monoisotopic (exact) mass is 346 g/mol. The Morgan fingerprint density at radius 1 is 1.29 bits per heavy atom. The van der Waals surface area contributed by atoms with Crippen LogP contribution in [0.25, 0.3) is 0 Å². The van der Waals surface area contributed by atoms with Crippen molar-refractivity contribution in [3.63, 3.8) is 0 Å². The van der Waals surface area contributed by atoms with Crippen LogP contribution in [-0.2, 0) is 11.3 Å². The Hall–Kier alpha value is -0.940. The minimum Gasteiger partial charge on any atom is -0.390 e. The molecular weight excluding hydrogens is 320 g/mol. The standard InChI is InChI=1S/C19H26N2O2S/c22-16(20-17-21(4-5-24-17)11-13-2-1-3-13)18-7-14-6-15(8-18)10-19(23,9-14)12-18/h4-5,13-15,23H,1-3,6-12H2. The van der Waals surface area contributed by atoms with Gasteiger partial charge in [-0.1, -0.05) is 6.42 Å². The van der Waals surface area contributed by atoms with Crippen molar-refractivity contribution in [1.82, 2.24) is 4.57 Å². The molecule has 6 rings (SSSR count). The Balaban J connectivity index is 1.43. The summed E-state index contributed by atoms with van der Waals surface area (Å²) in [6, 6.07) is 0. The first-order valence-corrected chi connectivity index (χ1v) is 10.4. The van der Waals surface area contributed by atoms with E-state index >= 15 is 0 Å². The maximum absolute atomic E-state index is 13.1. The van der Waals surface area contributed by atoms with Gasteiger partial charge in [0.25, 0.3) is 5.91 Å². The largest absolute Gasteiger partial charge is 0.390 e. The van der Waals surface area contributed by atoms with E-state index in [-0.39, 0.29) is 11.3 Å². The van der Waals surface area contributed by atoms with Gasteiger partial charge in [0.1, 0.15) is 0 Å². The minimum absolute atomic E-state index is 0.0415. The Morgan fingerprint density at radius 3 is 2.67 bits per heavy atom. The van der Waals surface area contributed by atoms with Crippen LogP contribution < -0.4 is 4.80 Å². The van der Waals surface area contributed by atoms with Crippen LogP contribution in [0.15, 0.2) is 16.6 Å². The Kier molecular flexibility index (Phi) is 3.37. The van der Waals surface area contributed by atoms with E-state index in [9.17, 15) is 9.90 Å². The van der Waals surface area contributed by atoms with Crippen LogP contribution >= 0.6 is 11.3 Å². The lowest BCUT2D eigenvalue weighted by molar-refractivity contribution is -0.175. The highest BCUT2D eigenvalue weighted by Crippen LogP contribution is 2.61. The molecule has 5 saturated carbocycles. The van der Waals surface area contributed by atoms with Crippen LogP contribution in [0, 0.1) is 23.2 Å². The van der Waals surface area contributed by atoms with E-state index in [0.29, 0.717) is 18.3 Å². The van der Waals surface area contributed by atoms with Crippen LogP contribution in [0.5, 0.6) is 0 Å². The second kappa shape index (κ2) is 5.28. The Morgan fingerprint density at radius 2 is 2.04 bits per heavy atom. The molecule has 0 saturated heterocycles. The fourth-order valence-electron chi connectivity index (χ4n) is 6.15. The van der Waals surface area contributed by atoms with Crippen LogP contribution in [0.1, 0.15) is 57.8 Å². The Labute approximate surface area is 146 Å². The van der Waals surface area contributed by atoms with Crippen molar-refractivity contribution in [2.24, 2.45) is 28.2 Å². The van der Waals surface area contributed by atoms with Crippen molar-refractivity contribution in [3.05, 3.63) is 16.4 Å². The summed E-state index contributed by atoms with van der Waals surface area (Å²) in [5, 5.41) is 12.9. The summed E-state index contributed by atoms with van der Waals surface area (Å²) in [5.41, 5.74) is -0.969. The van der Waals surface area contributed by atoms with Gasteiger partial charge in [-0.25, -0.2) is 0 Å². The van der Waals surface area contributed by atoms with E-state index < -0.39 is 5.60 Å². The predicted octanol–water partition coefficient (Wildman–Crippen LogP) is 3.11. The minimum atomic E-state index is -0.591. The van der Waals surface area contributed by atoms with E-state index in [2.05, 4.69) is 15.8 Å². The number of hydrogen-bond donors (Lipinski definition) is 1. The lowest BCUT2D eigenvalue weighted by Gasteiger charge is -2.58. The third-order valence-electron chi connectivity index (χ3n) is 7.02. The molecule has 0 aromatic carbocycles. The highest BCUT2D eigenvalue weighted by molar-refractivity contribution is 7.07. The third kappa shape index (κ3) is 2.43. The van der Waals surface area contributed by atoms with Crippen molar-refractivity contribution < 1.29 is 9.90 Å². The van der Waals surface area contributed by atoms with E-state index in [4.69, 9.17) is 0 Å². The van der Waals surface area contributed by atoms with Gasteiger partial charge >= 0.3 is 0 Å². The average molecular weight is 346 g/mol. The van der Waals surface area contributed by atoms with Gasteiger partial charge in [0.15, 0.2) is 4.80 Å². The molecule has 5 heteroatoms. The Bertz CT molecular complexity index is 716. The molecule has 2 unspecified atom stereocenters. The summed E-state index contributed by atoms with van der Waals surface area (Å²) in [6.07, 6.45) is 11.6. The molecule has 5 aliphatic rings. The first-order valence-electron chi connectivity index (χ1n) is 9.49. The predicted molar refractivity (Wildman–Crippen MR) is 92.3 cm³/mol. The second-order valence-corrected chi connectivity index (χ2v) is 9.89. The zero-order valence-electron chi connectivity index (χ0n) is 14.1. The highest BCUT2D eigenvalue weighted by atomic mass is 32.1. The van der Waals surface area contributed by atoms with Gasteiger partial charge in [0, 0.05) is 18.1 Å². The molecular formula is C19H26N2O2S. The summed E-state index contributed by atoms with van der Waals surface area (Å²) in [7, 11) is 0. The number of aromatic nitrogens is 1. The number of nitrogens with zero attached hydrogens (tertiary/aromatic N) is 2. The molecule has 0 radical (unpaired) electrons. The molecule has 0 spiro atoms. The molecule has 5 fully saturated rings. The van der Waals surface area contributed by atoms with Gasteiger partial charge in [-0.3, -0.25) is 4.79 Å². The van der Waals surface area contributed by atoms with Gasteiger partial charge in [-0.2, -0.15) is 4.99 Å². The lowest BCUT2D eigenvalue weighted by atomic mass is 9.47. The maximum Gasteiger partial charge on any atom is 0.254 e. The maximum atomic E-state index is 13.1. The molecule has 1 amide bonds. The molecule has 1 aromatic heterocycles. The number of hydrogen-bond acceptors (Lipinski definition) is 3. The zero-order valence-corrected chi connectivity index (χ0v) is 14.9. The molecule has 1 aromatic rings. The second-order valence-electron chi connectivity index (χ2n) is 9.02. The van der Waals surface area contributed by atoms with Gasteiger partial charge in [-0.15, -0.1) is 11.3 Å². The molecule has 24 heavy (non-hydrogen) atoms. The fraction of sp³-hybridized carbons (Fsp3) is 0.789. The number of amides is 1. The van der Waals surface area contributed by atoms with E-state index in [0.717, 1.165) is 42.9 Å². The van der Waals surface area contributed by atoms with Gasteiger partial charge < -0.3 is 9.67 Å². The third-order valence-corrected chi connectivity index (χ3v) is 7.82. The fourth-order valence-corrected chi connectivity index (χ4v) is 6.89. The van der Waals surface area contributed by atoms with Crippen LogP contribution in [0.3, 0.4) is 0 Å². The number of thiazole rings is 1. The molecule has 2 atom stereocenters. The number of carbonyl (C=O) groups excluding carboxylic acids is 1. The van der Waals surface area contributed by atoms with Crippen LogP contribution in [-0.4, -0.2) is 21.2 Å².